The van der Waals surface area contributed by atoms with Gasteiger partial charge in [0, 0.05) is 6.54 Å². The first-order chi connectivity index (χ1) is 17.3. The maximum atomic E-state index is 13.3. The number of halogens is 3. The third-order valence-corrected chi connectivity index (χ3v) is 6.87. The number of aromatic nitrogens is 2. The van der Waals surface area contributed by atoms with Crippen LogP contribution in [0, 0.1) is 0 Å². The van der Waals surface area contributed by atoms with E-state index in [2.05, 4.69) is 10.3 Å². The minimum Gasteiger partial charge on any atom is -0.454 e. The second-order valence-corrected chi connectivity index (χ2v) is 9.64. The molecule has 10 heteroatoms. The predicted molar refractivity (Wildman–Crippen MR) is 130 cm³/mol. The number of hydrogen-bond acceptors (Lipinski definition) is 5. The van der Waals surface area contributed by atoms with Gasteiger partial charge in [-0.1, -0.05) is 48.2 Å². The maximum Gasteiger partial charge on any atom is 0.416 e. The van der Waals surface area contributed by atoms with Crippen LogP contribution in [0.15, 0.2) is 71.9 Å². The first-order valence-corrected chi connectivity index (χ1v) is 12.1. The maximum absolute atomic E-state index is 13.3. The highest BCUT2D eigenvalue weighted by molar-refractivity contribution is 8.00. The molecule has 0 spiro atoms. The molecule has 2 heterocycles. The van der Waals surface area contributed by atoms with Gasteiger partial charge in [0.1, 0.15) is 0 Å². The van der Waals surface area contributed by atoms with Crippen molar-refractivity contribution in [2.24, 2.45) is 0 Å². The van der Waals surface area contributed by atoms with Crippen LogP contribution in [0.2, 0.25) is 0 Å². The molecule has 0 radical (unpaired) electrons. The number of thioether (sulfide) groups is 1. The largest absolute Gasteiger partial charge is 0.454 e. The minimum atomic E-state index is -4.47. The standard InChI is InChI=1S/C26H22F3N3O3S/c1-16(24(33)30-13-18-7-10-22-23(11-18)35-15-34-22)36-25-31-20-12-19(26(27,28)29)8-9-21(20)32(25)14-17-5-3-2-4-6-17/h2-12,16H,13-15H2,1H3,(H,30,33)/t16-/m1/s1. The van der Waals surface area contributed by atoms with Crippen LogP contribution >= 0.6 is 11.8 Å². The van der Waals surface area contributed by atoms with Crippen molar-refractivity contribution in [1.82, 2.24) is 14.9 Å². The lowest BCUT2D eigenvalue weighted by molar-refractivity contribution is -0.137. The number of fused-ring (bicyclic) bond motifs is 2. The van der Waals surface area contributed by atoms with Crippen LogP contribution in [0.3, 0.4) is 0 Å². The zero-order valence-corrected chi connectivity index (χ0v) is 20.0. The van der Waals surface area contributed by atoms with E-state index in [-0.39, 0.29) is 18.2 Å². The van der Waals surface area contributed by atoms with Crippen molar-refractivity contribution in [3.63, 3.8) is 0 Å². The number of benzene rings is 3. The molecule has 1 N–H and O–H groups in total. The Balaban J connectivity index is 1.36. The molecular weight excluding hydrogens is 491 g/mol. The third kappa shape index (κ3) is 5.13. The van der Waals surface area contributed by atoms with E-state index in [9.17, 15) is 18.0 Å². The molecule has 5 rings (SSSR count). The van der Waals surface area contributed by atoms with Crippen molar-refractivity contribution in [2.75, 3.05) is 6.79 Å². The number of nitrogens with zero attached hydrogens (tertiary/aromatic N) is 2. The smallest absolute Gasteiger partial charge is 0.416 e. The summed E-state index contributed by atoms with van der Waals surface area (Å²) in [4.78, 5) is 17.3. The normalized spacial score (nSPS) is 13.7. The topological polar surface area (TPSA) is 65.4 Å². The highest BCUT2D eigenvalue weighted by atomic mass is 32.2. The van der Waals surface area contributed by atoms with Crippen LogP contribution in [-0.2, 0) is 24.1 Å². The van der Waals surface area contributed by atoms with E-state index >= 15 is 0 Å². The van der Waals surface area contributed by atoms with Crippen LogP contribution in [0.4, 0.5) is 13.2 Å². The fourth-order valence-electron chi connectivity index (χ4n) is 3.89. The lowest BCUT2D eigenvalue weighted by atomic mass is 10.2. The van der Waals surface area contributed by atoms with Crippen molar-refractivity contribution >= 4 is 28.7 Å². The molecule has 36 heavy (non-hydrogen) atoms. The third-order valence-electron chi connectivity index (χ3n) is 5.78. The zero-order valence-electron chi connectivity index (χ0n) is 19.2. The Morgan fingerprint density at radius 1 is 1.06 bits per heavy atom. The predicted octanol–water partition coefficient (Wildman–Crippen LogP) is 5.63. The van der Waals surface area contributed by atoms with Crippen LogP contribution < -0.4 is 14.8 Å². The summed E-state index contributed by atoms with van der Waals surface area (Å²) < 4.78 is 52.3. The molecule has 1 amide bonds. The number of nitrogens with one attached hydrogen (secondary N) is 1. The van der Waals surface area contributed by atoms with Crippen LogP contribution in [0.5, 0.6) is 11.5 Å². The molecule has 3 aromatic carbocycles. The Hall–Kier alpha value is -3.66. The van der Waals surface area contributed by atoms with Gasteiger partial charge >= 0.3 is 6.18 Å². The van der Waals surface area contributed by atoms with Gasteiger partial charge < -0.3 is 19.4 Å². The summed E-state index contributed by atoms with van der Waals surface area (Å²) in [6.45, 7) is 2.63. The number of imidazole rings is 1. The van der Waals surface area contributed by atoms with E-state index in [4.69, 9.17) is 9.47 Å². The van der Waals surface area contributed by atoms with E-state index in [1.54, 1.807) is 13.0 Å². The lowest BCUT2D eigenvalue weighted by Gasteiger charge is -2.14. The van der Waals surface area contributed by atoms with E-state index in [0.717, 1.165) is 23.3 Å². The summed E-state index contributed by atoms with van der Waals surface area (Å²) in [6, 6.07) is 18.6. The number of rotatable bonds is 7. The molecule has 0 fully saturated rings. The monoisotopic (exact) mass is 513 g/mol. The number of carbonyl (C=O) groups excluding carboxylic acids is 1. The van der Waals surface area contributed by atoms with Gasteiger partial charge in [0.15, 0.2) is 16.7 Å². The van der Waals surface area contributed by atoms with Crippen LogP contribution in [0.25, 0.3) is 11.0 Å². The van der Waals surface area contributed by atoms with Gasteiger partial charge in [0.2, 0.25) is 12.7 Å². The molecule has 1 aliphatic rings. The van der Waals surface area contributed by atoms with Gasteiger partial charge in [-0.15, -0.1) is 0 Å². The molecular formula is C26H22F3N3O3S. The molecule has 186 valence electrons. The summed E-state index contributed by atoms with van der Waals surface area (Å²) in [5, 5.41) is 2.84. The Kier molecular flexibility index (Phi) is 6.53. The van der Waals surface area contributed by atoms with Crippen molar-refractivity contribution < 1.29 is 27.4 Å². The summed E-state index contributed by atoms with van der Waals surface area (Å²) in [5.41, 5.74) is 1.88. The molecule has 1 atom stereocenters. The Bertz CT molecular complexity index is 1410. The van der Waals surface area contributed by atoms with Gasteiger partial charge in [-0.05, 0) is 48.4 Å². The quantitative estimate of drug-likeness (QED) is 0.325. The SMILES string of the molecule is C[C@@H](Sc1nc2cc(C(F)(F)F)ccc2n1Cc1ccccc1)C(=O)NCc1ccc2c(c1)OCO2. The van der Waals surface area contributed by atoms with E-state index in [0.29, 0.717) is 35.3 Å². The minimum absolute atomic E-state index is 0.174. The molecule has 0 bridgehead atoms. The Labute approximate surface area is 209 Å². The second kappa shape index (κ2) is 9.77. The zero-order chi connectivity index (χ0) is 25.3. The molecule has 0 aliphatic carbocycles. The molecule has 0 saturated heterocycles. The van der Waals surface area contributed by atoms with Crippen molar-refractivity contribution in [3.8, 4) is 11.5 Å². The Morgan fingerprint density at radius 2 is 1.83 bits per heavy atom. The average molecular weight is 514 g/mol. The van der Waals surface area contributed by atoms with Gasteiger partial charge in [0.25, 0.3) is 0 Å². The van der Waals surface area contributed by atoms with Crippen molar-refractivity contribution in [1.29, 1.82) is 0 Å². The second-order valence-electron chi connectivity index (χ2n) is 8.33. The lowest BCUT2D eigenvalue weighted by Crippen LogP contribution is -2.30. The molecule has 0 saturated carbocycles. The first kappa shape index (κ1) is 24.1. The Morgan fingerprint density at radius 3 is 2.61 bits per heavy atom. The van der Waals surface area contributed by atoms with Gasteiger partial charge in [-0.2, -0.15) is 13.2 Å². The number of ether oxygens (including phenoxy) is 2. The summed E-state index contributed by atoms with van der Waals surface area (Å²) in [6.07, 6.45) is -4.47. The van der Waals surface area contributed by atoms with Crippen molar-refractivity contribution in [2.45, 2.75) is 36.6 Å². The van der Waals surface area contributed by atoms with Crippen molar-refractivity contribution in [3.05, 3.63) is 83.4 Å². The highest BCUT2D eigenvalue weighted by Gasteiger charge is 2.31. The number of alkyl halides is 3. The molecule has 6 nitrogen and oxygen atoms in total. The van der Waals surface area contributed by atoms with Gasteiger partial charge in [-0.3, -0.25) is 4.79 Å². The summed E-state index contributed by atoms with van der Waals surface area (Å²) in [7, 11) is 0. The molecule has 1 aromatic heterocycles. The van der Waals surface area contributed by atoms with E-state index < -0.39 is 17.0 Å². The number of amides is 1. The molecule has 0 unspecified atom stereocenters. The number of hydrogen-bond donors (Lipinski definition) is 1. The fraction of sp³-hybridized carbons (Fsp3) is 0.231. The number of carbonyl (C=O) groups is 1. The van der Waals surface area contributed by atoms with Gasteiger partial charge in [-0.25, -0.2) is 4.98 Å². The molecule has 1 aliphatic heterocycles. The fourth-order valence-corrected chi connectivity index (χ4v) is 4.84. The van der Waals surface area contributed by atoms with E-state index in [1.165, 1.54) is 17.8 Å². The summed E-state index contributed by atoms with van der Waals surface area (Å²) >= 11 is 1.21. The van der Waals surface area contributed by atoms with Crippen LogP contribution in [0.1, 0.15) is 23.6 Å². The van der Waals surface area contributed by atoms with Gasteiger partial charge in [0.05, 0.1) is 28.4 Å². The van der Waals surface area contributed by atoms with E-state index in [1.807, 2.05) is 47.0 Å². The highest BCUT2D eigenvalue weighted by Crippen LogP contribution is 2.35. The molecule has 4 aromatic rings. The van der Waals surface area contributed by atoms with Crippen LogP contribution in [-0.4, -0.2) is 27.5 Å². The average Bonchev–Trinajstić information content (AvgIpc) is 3.46. The summed E-state index contributed by atoms with van der Waals surface area (Å²) in [5.74, 6) is 1.09. The first-order valence-electron chi connectivity index (χ1n) is 11.2.